The summed E-state index contributed by atoms with van der Waals surface area (Å²) in [5.74, 6) is 1.52. The minimum absolute atomic E-state index is 0.0100. The summed E-state index contributed by atoms with van der Waals surface area (Å²) in [6.45, 7) is 0.718. The fraction of sp³-hybridized carbons (Fsp3) is 0.211. The van der Waals surface area contributed by atoms with E-state index in [-0.39, 0.29) is 5.43 Å². The molecule has 0 aliphatic carbocycles. The maximum atomic E-state index is 12.4. The van der Waals surface area contributed by atoms with Crippen LogP contribution in [0.15, 0.2) is 57.7 Å². The highest BCUT2D eigenvalue weighted by molar-refractivity contribution is 5.79. The molecular weight excluding hydrogens is 276 g/mol. The molecule has 0 radical (unpaired) electrons. The predicted molar refractivity (Wildman–Crippen MR) is 85.5 cm³/mol. The number of benzene rings is 2. The van der Waals surface area contributed by atoms with Crippen LogP contribution in [-0.4, -0.2) is 6.61 Å². The fourth-order valence-corrected chi connectivity index (χ4v) is 2.93. The van der Waals surface area contributed by atoms with Crippen LogP contribution in [0.3, 0.4) is 0 Å². The molecule has 0 saturated heterocycles. The molecule has 0 bridgehead atoms. The van der Waals surface area contributed by atoms with E-state index in [4.69, 9.17) is 9.15 Å². The molecule has 0 N–H and O–H groups in total. The van der Waals surface area contributed by atoms with Gasteiger partial charge in [-0.2, -0.15) is 0 Å². The molecule has 0 amide bonds. The zero-order valence-electron chi connectivity index (χ0n) is 12.2. The quantitative estimate of drug-likeness (QED) is 0.723. The van der Waals surface area contributed by atoms with Crippen molar-refractivity contribution < 1.29 is 9.15 Å². The number of ether oxygens (including phenoxy) is 1. The summed E-state index contributed by atoms with van der Waals surface area (Å²) in [7, 11) is 0. The van der Waals surface area contributed by atoms with Gasteiger partial charge in [-0.15, -0.1) is 0 Å². The van der Waals surface area contributed by atoms with Gasteiger partial charge in [0.25, 0.3) is 0 Å². The van der Waals surface area contributed by atoms with Gasteiger partial charge in [-0.3, -0.25) is 4.79 Å². The highest BCUT2D eigenvalue weighted by Crippen LogP contribution is 2.29. The largest absolute Gasteiger partial charge is 0.493 e. The SMILES string of the molecule is O=c1cc(Cc2ccccc2)oc2cc3c(cc12)OCCC3. The van der Waals surface area contributed by atoms with Crippen molar-refractivity contribution in [2.75, 3.05) is 6.61 Å². The minimum Gasteiger partial charge on any atom is -0.493 e. The van der Waals surface area contributed by atoms with Gasteiger partial charge < -0.3 is 9.15 Å². The molecule has 0 atom stereocenters. The van der Waals surface area contributed by atoms with Crippen LogP contribution in [0.2, 0.25) is 0 Å². The van der Waals surface area contributed by atoms with E-state index in [1.807, 2.05) is 42.5 Å². The van der Waals surface area contributed by atoms with Crippen LogP contribution in [0.4, 0.5) is 0 Å². The first-order valence-corrected chi connectivity index (χ1v) is 7.56. The van der Waals surface area contributed by atoms with Crippen LogP contribution in [0.1, 0.15) is 23.3 Å². The van der Waals surface area contributed by atoms with E-state index in [2.05, 4.69) is 0 Å². The van der Waals surface area contributed by atoms with E-state index < -0.39 is 0 Å². The van der Waals surface area contributed by atoms with E-state index >= 15 is 0 Å². The van der Waals surface area contributed by atoms with Crippen LogP contribution in [0.5, 0.6) is 5.75 Å². The van der Waals surface area contributed by atoms with Crippen LogP contribution < -0.4 is 10.2 Å². The Bertz CT molecular complexity index is 878. The number of rotatable bonds is 2. The second kappa shape index (κ2) is 5.34. The molecule has 110 valence electrons. The molecule has 0 saturated carbocycles. The number of hydrogen-bond acceptors (Lipinski definition) is 3. The third kappa shape index (κ3) is 2.39. The molecule has 4 rings (SSSR count). The van der Waals surface area contributed by atoms with Crippen molar-refractivity contribution in [2.45, 2.75) is 19.3 Å². The van der Waals surface area contributed by atoms with E-state index in [1.165, 1.54) is 0 Å². The summed E-state index contributed by atoms with van der Waals surface area (Å²) in [6, 6.07) is 15.4. The molecule has 0 unspecified atom stereocenters. The Morgan fingerprint density at radius 2 is 1.91 bits per heavy atom. The molecule has 3 aromatic rings. The van der Waals surface area contributed by atoms with Crippen LogP contribution >= 0.6 is 0 Å². The number of aryl methyl sites for hydroxylation is 1. The summed E-state index contributed by atoms with van der Waals surface area (Å²) < 4.78 is 11.6. The zero-order chi connectivity index (χ0) is 14.9. The molecule has 1 aromatic heterocycles. The van der Waals surface area contributed by atoms with Crippen molar-refractivity contribution in [3.05, 3.63) is 75.6 Å². The summed E-state index contributed by atoms with van der Waals surface area (Å²) in [6.07, 6.45) is 2.60. The van der Waals surface area contributed by atoms with Crippen LogP contribution in [0, 0.1) is 0 Å². The number of fused-ring (bicyclic) bond motifs is 2. The summed E-state index contributed by atoms with van der Waals surface area (Å²) in [5.41, 5.74) is 2.90. The summed E-state index contributed by atoms with van der Waals surface area (Å²) in [4.78, 5) is 12.4. The molecular formula is C19H16O3. The molecule has 1 aliphatic rings. The maximum absolute atomic E-state index is 12.4. The van der Waals surface area contributed by atoms with Gasteiger partial charge in [-0.25, -0.2) is 0 Å². The lowest BCUT2D eigenvalue weighted by Gasteiger charge is -2.17. The molecule has 3 heteroatoms. The Labute approximate surface area is 128 Å². The Kier molecular flexibility index (Phi) is 3.19. The third-order valence-corrected chi connectivity index (χ3v) is 4.03. The maximum Gasteiger partial charge on any atom is 0.193 e. The van der Waals surface area contributed by atoms with Crippen molar-refractivity contribution in [1.29, 1.82) is 0 Å². The lowest BCUT2D eigenvalue weighted by molar-refractivity contribution is 0.288. The Morgan fingerprint density at radius 3 is 2.77 bits per heavy atom. The molecule has 0 fully saturated rings. The van der Waals surface area contributed by atoms with Gasteiger partial charge in [0.2, 0.25) is 0 Å². The second-order valence-electron chi connectivity index (χ2n) is 5.65. The van der Waals surface area contributed by atoms with Gasteiger partial charge in [0, 0.05) is 12.5 Å². The smallest absolute Gasteiger partial charge is 0.193 e. The molecule has 2 heterocycles. The first kappa shape index (κ1) is 13.1. The average Bonchev–Trinajstić information content (AvgIpc) is 2.54. The van der Waals surface area contributed by atoms with Crippen molar-refractivity contribution in [1.82, 2.24) is 0 Å². The highest BCUT2D eigenvalue weighted by Gasteiger charge is 2.14. The van der Waals surface area contributed by atoms with E-state index in [0.29, 0.717) is 23.2 Å². The minimum atomic E-state index is -0.0100. The van der Waals surface area contributed by atoms with Crippen molar-refractivity contribution in [3.63, 3.8) is 0 Å². The molecule has 3 nitrogen and oxygen atoms in total. The Hall–Kier alpha value is -2.55. The second-order valence-corrected chi connectivity index (χ2v) is 5.65. The van der Waals surface area contributed by atoms with Crippen LogP contribution in [0.25, 0.3) is 11.0 Å². The standard InChI is InChI=1S/C19H16O3/c20-17-11-15(9-13-5-2-1-3-6-13)22-19-10-14-7-4-8-21-18(14)12-16(17)19/h1-3,5-6,10-12H,4,7-9H2. The topological polar surface area (TPSA) is 39.4 Å². The first-order valence-electron chi connectivity index (χ1n) is 7.56. The molecule has 0 spiro atoms. The van der Waals surface area contributed by atoms with E-state index in [9.17, 15) is 4.79 Å². The van der Waals surface area contributed by atoms with Gasteiger partial charge in [-0.1, -0.05) is 30.3 Å². The Morgan fingerprint density at radius 1 is 1.05 bits per heavy atom. The zero-order valence-corrected chi connectivity index (χ0v) is 12.2. The summed E-state index contributed by atoms with van der Waals surface area (Å²) in [5, 5.41) is 0.595. The summed E-state index contributed by atoms with van der Waals surface area (Å²) >= 11 is 0. The normalized spacial score (nSPS) is 13.6. The monoisotopic (exact) mass is 292 g/mol. The fourth-order valence-electron chi connectivity index (χ4n) is 2.93. The van der Waals surface area contributed by atoms with Crippen molar-refractivity contribution in [3.8, 4) is 5.75 Å². The van der Waals surface area contributed by atoms with Gasteiger partial charge in [0.1, 0.15) is 17.1 Å². The lowest BCUT2D eigenvalue weighted by atomic mass is 10.0. The van der Waals surface area contributed by atoms with Crippen LogP contribution in [-0.2, 0) is 12.8 Å². The average molecular weight is 292 g/mol. The molecule has 1 aliphatic heterocycles. The van der Waals surface area contributed by atoms with E-state index in [1.54, 1.807) is 6.07 Å². The highest BCUT2D eigenvalue weighted by atomic mass is 16.5. The molecule has 2 aromatic carbocycles. The van der Waals surface area contributed by atoms with Gasteiger partial charge in [-0.05, 0) is 36.1 Å². The number of hydrogen-bond donors (Lipinski definition) is 0. The van der Waals surface area contributed by atoms with Gasteiger partial charge in [0.15, 0.2) is 5.43 Å². The molecule has 22 heavy (non-hydrogen) atoms. The van der Waals surface area contributed by atoms with Crippen molar-refractivity contribution >= 4 is 11.0 Å². The van der Waals surface area contributed by atoms with E-state index in [0.717, 1.165) is 36.3 Å². The third-order valence-electron chi connectivity index (χ3n) is 4.03. The van der Waals surface area contributed by atoms with Crippen molar-refractivity contribution in [2.24, 2.45) is 0 Å². The predicted octanol–water partition coefficient (Wildman–Crippen LogP) is 3.71. The lowest BCUT2D eigenvalue weighted by Crippen LogP contribution is -2.10. The Balaban J connectivity index is 1.80. The van der Waals surface area contributed by atoms with Gasteiger partial charge in [0.05, 0.1) is 12.0 Å². The first-order chi connectivity index (χ1) is 10.8. The van der Waals surface area contributed by atoms with Gasteiger partial charge >= 0.3 is 0 Å².